The molecule has 2 aromatic rings. The van der Waals surface area contributed by atoms with Crippen molar-refractivity contribution in [3.05, 3.63) is 69.7 Å². The smallest absolute Gasteiger partial charge is 0.243 e. The van der Waals surface area contributed by atoms with Crippen LogP contribution in [-0.4, -0.2) is 34.6 Å². The Bertz CT molecular complexity index is 844. The van der Waals surface area contributed by atoms with Crippen LogP contribution in [-0.2, 0) is 21.9 Å². The minimum atomic E-state index is -0.592. The predicted octanol–water partition coefficient (Wildman–Crippen LogP) is 5.95. The Labute approximate surface area is 199 Å². The van der Waals surface area contributed by atoms with E-state index in [9.17, 15) is 9.59 Å². The first-order valence-corrected chi connectivity index (χ1v) is 12.4. The quantitative estimate of drug-likeness (QED) is 0.432. The Morgan fingerprint density at radius 3 is 2.23 bits per heavy atom. The fourth-order valence-electron chi connectivity index (χ4n) is 3.13. The summed E-state index contributed by atoms with van der Waals surface area (Å²) < 4.78 is 0. The van der Waals surface area contributed by atoms with Crippen molar-refractivity contribution in [3.63, 3.8) is 0 Å². The Morgan fingerprint density at radius 1 is 1.00 bits per heavy atom. The SMILES string of the molecule is CC[C@H](C(=O)N[C@@H](C)CC)N(Cc1c(Cl)cccc1Cl)C(=O)CSCc1ccccc1. The summed E-state index contributed by atoms with van der Waals surface area (Å²) in [5, 5.41) is 3.98. The van der Waals surface area contributed by atoms with Crippen molar-refractivity contribution in [2.75, 3.05) is 5.75 Å². The predicted molar refractivity (Wildman–Crippen MR) is 132 cm³/mol. The maximum atomic E-state index is 13.3. The molecule has 2 atom stereocenters. The van der Waals surface area contributed by atoms with Gasteiger partial charge in [0.25, 0.3) is 0 Å². The summed E-state index contributed by atoms with van der Waals surface area (Å²) in [5.74, 6) is 0.734. The van der Waals surface area contributed by atoms with E-state index in [0.717, 1.165) is 17.7 Å². The van der Waals surface area contributed by atoms with E-state index in [-0.39, 0.29) is 30.2 Å². The number of hydrogen-bond acceptors (Lipinski definition) is 3. The Balaban J connectivity index is 2.20. The van der Waals surface area contributed by atoms with Gasteiger partial charge >= 0.3 is 0 Å². The number of nitrogens with zero attached hydrogens (tertiary/aromatic N) is 1. The van der Waals surface area contributed by atoms with Crippen molar-refractivity contribution in [3.8, 4) is 0 Å². The molecular weight excluding hydrogens is 451 g/mol. The van der Waals surface area contributed by atoms with Gasteiger partial charge in [-0.25, -0.2) is 0 Å². The molecule has 4 nitrogen and oxygen atoms in total. The lowest BCUT2D eigenvalue weighted by atomic mass is 10.1. The van der Waals surface area contributed by atoms with Crippen LogP contribution in [0.4, 0.5) is 0 Å². The zero-order chi connectivity index (χ0) is 22.8. The molecule has 0 aromatic heterocycles. The molecule has 0 fully saturated rings. The second-order valence-electron chi connectivity index (χ2n) is 7.44. The number of rotatable bonds is 11. The van der Waals surface area contributed by atoms with Crippen LogP contribution in [0.2, 0.25) is 10.0 Å². The molecule has 0 heterocycles. The molecular formula is C24H30Cl2N2O2S. The van der Waals surface area contributed by atoms with Crippen molar-refractivity contribution in [1.82, 2.24) is 10.2 Å². The molecule has 2 rings (SSSR count). The van der Waals surface area contributed by atoms with E-state index in [0.29, 0.717) is 22.0 Å². The fourth-order valence-corrected chi connectivity index (χ4v) is 4.52. The van der Waals surface area contributed by atoms with Crippen LogP contribution < -0.4 is 5.32 Å². The highest BCUT2D eigenvalue weighted by Crippen LogP contribution is 2.27. The maximum Gasteiger partial charge on any atom is 0.243 e. The van der Waals surface area contributed by atoms with Crippen LogP contribution in [0, 0.1) is 0 Å². The van der Waals surface area contributed by atoms with Crippen molar-refractivity contribution in [2.24, 2.45) is 0 Å². The minimum absolute atomic E-state index is 0.0369. The molecule has 0 unspecified atom stereocenters. The second kappa shape index (κ2) is 13.0. The third-order valence-corrected chi connectivity index (χ3v) is 6.81. The molecule has 0 aliphatic carbocycles. The van der Waals surface area contributed by atoms with Gasteiger partial charge in [-0.2, -0.15) is 0 Å². The van der Waals surface area contributed by atoms with E-state index in [2.05, 4.69) is 5.32 Å². The average molecular weight is 481 g/mol. The first-order chi connectivity index (χ1) is 14.9. The highest BCUT2D eigenvalue weighted by atomic mass is 35.5. The third kappa shape index (κ3) is 7.74. The molecule has 0 spiro atoms. The topological polar surface area (TPSA) is 49.4 Å². The first-order valence-electron chi connectivity index (χ1n) is 10.5. The standard InChI is InChI=1S/C24H30Cl2N2O2S/c1-4-17(3)27-24(30)22(5-2)28(14-19-20(25)12-9-13-21(19)26)23(29)16-31-15-18-10-7-6-8-11-18/h6-13,17,22H,4-5,14-16H2,1-3H3,(H,27,30)/t17-,22+/m0/s1. The first kappa shape index (κ1) is 25.6. The number of carbonyl (C=O) groups is 2. The van der Waals surface area contributed by atoms with Crippen LogP contribution in [0.5, 0.6) is 0 Å². The number of hydrogen-bond donors (Lipinski definition) is 1. The lowest BCUT2D eigenvalue weighted by molar-refractivity contribution is -0.139. The van der Waals surface area contributed by atoms with Gasteiger partial charge in [0.05, 0.1) is 5.75 Å². The Morgan fingerprint density at radius 2 is 1.65 bits per heavy atom. The average Bonchev–Trinajstić information content (AvgIpc) is 2.76. The van der Waals surface area contributed by atoms with Crippen molar-refractivity contribution in [1.29, 1.82) is 0 Å². The molecule has 0 saturated heterocycles. The Hall–Kier alpha value is -1.69. The highest BCUT2D eigenvalue weighted by molar-refractivity contribution is 7.99. The number of nitrogens with one attached hydrogen (secondary N) is 1. The normalized spacial score (nSPS) is 12.8. The van der Waals surface area contributed by atoms with E-state index in [4.69, 9.17) is 23.2 Å². The zero-order valence-electron chi connectivity index (χ0n) is 18.2. The molecule has 7 heteroatoms. The summed E-state index contributed by atoms with van der Waals surface area (Å²) in [7, 11) is 0. The van der Waals surface area contributed by atoms with Crippen molar-refractivity contribution >= 4 is 46.8 Å². The van der Waals surface area contributed by atoms with Gasteiger partial charge in [0.2, 0.25) is 11.8 Å². The van der Waals surface area contributed by atoms with Crippen LogP contribution in [0.3, 0.4) is 0 Å². The van der Waals surface area contributed by atoms with Gasteiger partial charge in [-0.3, -0.25) is 9.59 Å². The summed E-state index contributed by atoms with van der Waals surface area (Å²) in [6.45, 7) is 6.07. The molecule has 1 N–H and O–H groups in total. The van der Waals surface area contributed by atoms with Gasteiger partial charge in [0, 0.05) is 33.9 Å². The third-order valence-electron chi connectivity index (χ3n) is 5.11. The van der Waals surface area contributed by atoms with Crippen molar-refractivity contribution < 1.29 is 9.59 Å². The van der Waals surface area contributed by atoms with Gasteiger partial charge in [-0.1, -0.05) is 73.4 Å². The monoisotopic (exact) mass is 480 g/mol. The molecule has 0 aliphatic rings. The summed E-state index contributed by atoms with van der Waals surface area (Å²) in [6.07, 6.45) is 1.32. The highest BCUT2D eigenvalue weighted by Gasteiger charge is 2.30. The molecule has 0 bridgehead atoms. The summed E-state index contributed by atoms with van der Waals surface area (Å²) in [4.78, 5) is 27.8. The van der Waals surface area contributed by atoms with Crippen LogP contribution in [0.15, 0.2) is 48.5 Å². The molecule has 2 aromatic carbocycles. The number of carbonyl (C=O) groups excluding carboxylic acids is 2. The van der Waals surface area contributed by atoms with Gasteiger partial charge in [0.15, 0.2) is 0 Å². The largest absolute Gasteiger partial charge is 0.352 e. The second-order valence-corrected chi connectivity index (χ2v) is 9.24. The number of amides is 2. The van der Waals surface area contributed by atoms with E-state index in [1.165, 1.54) is 11.8 Å². The summed E-state index contributed by atoms with van der Waals surface area (Å²) >= 11 is 14.3. The minimum Gasteiger partial charge on any atom is -0.352 e. The number of thioether (sulfide) groups is 1. The van der Waals surface area contributed by atoms with Gasteiger partial charge in [-0.15, -0.1) is 11.8 Å². The number of benzene rings is 2. The lowest BCUT2D eigenvalue weighted by Crippen LogP contribution is -2.51. The van der Waals surface area contributed by atoms with Gasteiger partial charge in [0.1, 0.15) is 6.04 Å². The van der Waals surface area contributed by atoms with E-state index in [1.54, 1.807) is 23.1 Å². The molecule has 168 valence electrons. The summed E-state index contributed by atoms with van der Waals surface area (Å²) in [5.41, 5.74) is 1.81. The van der Waals surface area contributed by atoms with E-state index in [1.807, 2.05) is 51.1 Å². The molecule has 2 amide bonds. The lowest BCUT2D eigenvalue weighted by Gasteiger charge is -2.32. The van der Waals surface area contributed by atoms with Gasteiger partial charge < -0.3 is 10.2 Å². The Kier molecular flexibility index (Phi) is 10.7. The van der Waals surface area contributed by atoms with Gasteiger partial charge in [-0.05, 0) is 37.5 Å². The maximum absolute atomic E-state index is 13.3. The number of halogens is 2. The van der Waals surface area contributed by atoms with Crippen molar-refractivity contribution in [2.45, 2.75) is 58.0 Å². The zero-order valence-corrected chi connectivity index (χ0v) is 20.6. The van der Waals surface area contributed by atoms with Crippen LogP contribution in [0.25, 0.3) is 0 Å². The molecule has 0 radical (unpaired) electrons. The molecule has 0 saturated carbocycles. The van der Waals surface area contributed by atoms with E-state index < -0.39 is 6.04 Å². The fraction of sp³-hybridized carbons (Fsp3) is 0.417. The summed E-state index contributed by atoms with van der Waals surface area (Å²) in [6, 6.07) is 14.7. The van der Waals surface area contributed by atoms with Crippen LogP contribution in [0.1, 0.15) is 44.7 Å². The molecule has 31 heavy (non-hydrogen) atoms. The molecule has 0 aliphatic heterocycles. The van der Waals surface area contributed by atoms with Crippen LogP contribution >= 0.6 is 35.0 Å². The van der Waals surface area contributed by atoms with E-state index >= 15 is 0 Å².